The molecule has 1 saturated carbocycles. The first-order valence-corrected chi connectivity index (χ1v) is 6.16. The van der Waals surface area contributed by atoms with Gasteiger partial charge in [0, 0.05) is 25.7 Å². The molecule has 1 aromatic carbocycles. The Morgan fingerprint density at radius 1 is 1.33 bits per heavy atom. The molecule has 5 heteroatoms. The third-order valence-corrected chi connectivity index (χ3v) is 3.22. The van der Waals surface area contributed by atoms with Crippen LogP contribution in [0.5, 0.6) is 5.75 Å². The molecule has 0 atom stereocenters. The topological polar surface area (TPSA) is 35.5 Å². The molecule has 0 unspecified atom stereocenters. The Bertz CT molecular complexity index is 398. The number of likely N-dealkylation sites (N-methyl/N-ethyl adjacent to an activating group) is 1. The average molecular weight is 256 g/mol. The third-order valence-electron chi connectivity index (χ3n) is 3.22. The molecule has 1 fully saturated rings. The summed E-state index contributed by atoms with van der Waals surface area (Å²) in [6.45, 7) is 2.09. The van der Waals surface area contributed by atoms with E-state index < -0.39 is 17.4 Å². The Labute approximate surface area is 105 Å². The lowest BCUT2D eigenvalue weighted by Crippen LogP contribution is -2.30. The van der Waals surface area contributed by atoms with Crippen LogP contribution in [0.15, 0.2) is 12.1 Å². The number of hydrogen-bond acceptors (Lipinski definition) is 3. The normalized spacial score (nSPS) is 15.3. The van der Waals surface area contributed by atoms with Crippen molar-refractivity contribution in [2.75, 3.05) is 20.1 Å². The Hall–Kier alpha value is -1.20. The molecule has 0 aromatic heterocycles. The highest BCUT2D eigenvalue weighted by molar-refractivity contribution is 5.29. The zero-order valence-corrected chi connectivity index (χ0v) is 10.4. The van der Waals surface area contributed by atoms with Crippen molar-refractivity contribution in [3.05, 3.63) is 29.3 Å². The summed E-state index contributed by atoms with van der Waals surface area (Å²) in [7, 11) is 2.08. The molecule has 1 aromatic rings. The predicted octanol–water partition coefficient (Wildman–Crippen LogP) is 1.85. The van der Waals surface area contributed by atoms with Crippen LogP contribution in [0.25, 0.3) is 0 Å². The summed E-state index contributed by atoms with van der Waals surface area (Å²) in [6, 6.07) is 3.02. The van der Waals surface area contributed by atoms with Crippen molar-refractivity contribution in [1.29, 1.82) is 0 Å². The summed E-state index contributed by atoms with van der Waals surface area (Å²) in [5.74, 6) is -2.74. The molecular formula is C13H18F2N2O. The van der Waals surface area contributed by atoms with Gasteiger partial charge in [0.1, 0.15) is 0 Å². The minimum absolute atomic E-state index is 0.395. The summed E-state index contributed by atoms with van der Waals surface area (Å²) in [5.41, 5.74) is 0.497. The van der Waals surface area contributed by atoms with Gasteiger partial charge in [-0.25, -0.2) is 8.78 Å². The van der Waals surface area contributed by atoms with Crippen LogP contribution in [0.3, 0.4) is 0 Å². The van der Waals surface area contributed by atoms with E-state index >= 15 is 0 Å². The van der Waals surface area contributed by atoms with Gasteiger partial charge in [-0.15, -0.1) is 0 Å². The fourth-order valence-electron chi connectivity index (χ4n) is 1.91. The zero-order chi connectivity index (χ0) is 13.1. The molecule has 1 aliphatic carbocycles. The summed E-state index contributed by atoms with van der Waals surface area (Å²) in [6.07, 6.45) is 2.54. The van der Waals surface area contributed by atoms with Crippen LogP contribution in [0.4, 0.5) is 8.78 Å². The second-order valence-corrected chi connectivity index (χ2v) is 4.80. The number of rotatable bonds is 6. The van der Waals surface area contributed by atoms with E-state index in [1.165, 1.54) is 12.8 Å². The van der Waals surface area contributed by atoms with E-state index in [2.05, 4.69) is 17.3 Å². The van der Waals surface area contributed by atoms with Gasteiger partial charge in [-0.2, -0.15) is 0 Å². The van der Waals surface area contributed by atoms with Gasteiger partial charge >= 0.3 is 0 Å². The number of nitrogens with zero attached hydrogens (tertiary/aromatic N) is 1. The van der Waals surface area contributed by atoms with E-state index in [9.17, 15) is 8.78 Å². The largest absolute Gasteiger partial charge is 0.503 e. The van der Waals surface area contributed by atoms with Crippen LogP contribution < -0.4 is 5.32 Å². The van der Waals surface area contributed by atoms with E-state index in [1.807, 2.05) is 0 Å². The fourth-order valence-corrected chi connectivity index (χ4v) is 1.91. The van der Waals surface area contributed by atoms with Gasteiger partial charge in [-0.1, -0.05) is 0 Å². The van der Waals surface area contributed by atoms with E-state index in [0.717, 1.165) is 31.3 Å². The molecule has 2 rings (SSSR count). The molecule has 2 N–H and O–H groups in total. The molecule has 0 amide bonds. The zero-order valence-electron chi connectivity index (χ0n) is 10.4. The van der Waals surface area contributed by atoms with Gasteiger partial charge in [0.15, 0.2) is 17.4 Å². The number of aromatic hydroxyl groups is 1. The van der Waals surface area contributed by atoms with E-state index in [0.29, 0.717) is 12.1 Å². The highest BCUT2D eigenvalue weighted by Crippen LogP contribution is 2.24. The van der Waals surface area contributed by atoms with Crippen molar-refractivity contribution in [1.82, 2.24) is 10.2 Å². The van der Waals surface area contributed by atoms with Gasteiger partial charge in [0.2, 0.25) is 0 Å². The predicted molar refractivity (Wildman–Crippen MR) is 65.4 cm³/mol. The number of phenolic OH excluding ortho intramolecular Hbond substituents is 1. The second-order valence-electron chi connectivity index (χ2n) is 4.80. The van der Waals surface area contributed by atoms with Gasteiger partial charge in [-0.05, 0) is 37.6 Å². The van der Waals surface area contributed by atoms with Crippen LogP contribution in [-0.4, -0.2) is 36.2 Å². The SMILES string of the molecule is CN(CCNCc1cc(F)c(O)c(F)c1)C1CC1. The molecule has 0 spiro atoms. The average Bonchev–Trinajstić information content (AvgIpc) is 3.15. The standard InChI is InChI=1S/C13H18F2N2O/c1-17(10-2-3-10)5-4-16-8-9-6-11(14)13(18)12(15)7-9/h6-7,10,16,18H,2-5,8H2,1H3. The molecule has 18 heavy (non-hydrogen) atoms. The highest BCUT2D eigenvalue weighted by atomic mass is 19.1. The summed E-state index contributed by atoms with van der Waals surface area (Å²) in [4.78, 5) is 2.28. The van der Waals surface area contributed by atoms with Crippen molar-refractivity contribution < 1.29 is 13.9 Å². The summed E-state index contributed by atoms with van der Waals surface area (Å²) in [5, 5.41) is 12.1. The van der Waals surface area contributed by atoms with Gasteiger partial charge in [-0.3, -0.25) is 0 Å². The van der Waals surface area contributed by atoms with Gasteiger partial charge in [0.25, 0.3) is 0 Å². The number of hydrogen-bond donors (Lipinski definition) is 2. The van der Waals surface area contributed by atoms with Crippen LogP contribution in [-0.2, 0) is 6.54 Å². The quantitative estimate of drug-likeness (QED) is 0.763. The summed E-state index contributed by atoms with van der Waals surface area (Å²) >= 11 is 0. The van der Waals surface area contributed by atoms with E-state index in [1.54, 1.807) is 0 Å². The Morgan fingerprint density at radius 2 is 1.94 bits per heavy atom. The maximum Gasteiger partial charge on any atom is 0.187 e. The Balaban J connectivity index is 1.76. The molecule has 0 bridgehead atoms. The molecule has 0 aliphatic heterocycles. The molecule has 0 saturated heterocycles. The van der Waals surface area contributed by atoms with Gasteiger partial charge < -0.3 is 15.3 Å². The minimum Gasteiger partial charge on any atom is -0.503 e. The first-order chi connectivity index (χ1) is 8.58. The molecule has 1 aliphatic rings. The molecular weight excluding hydrogens is 238 g/mol. The monoisotopic (exact) mass is 256 g/mol. The molecule has 0 radical (unpaired) electrons. The van der Waals surface area contributed by atoms with Crippen molar-refractivity contribution in [3.8, 4) is 5.75 Å². The number of halogens is 2. The highest BCUT2D eigenvalue weighted by Gasteiger charge is 2.25. The summed E-state index contributed by atoms with van der Waals surface area (Å²) < 4.78 is 26.1. The maximum absolute atomic E-state index is 13.1. The lowest BCUT2D eigenvalue weighted by atomic mass is 10.2. The van der Waals surface area contributed by atoms with Crippen LogP contribution in [0.1, 0.15) is 18.4 Å². The first kappa shape index (κ1) is 13.2. The van der Waals surface area contributed by atoms with Crippen molar-refractivity contribution in [2.24, 2.45) is 0 Å². The van der Waals surface area contributed by atoms with Crippen molar-refractivity contribution >= 4 is 0 Å². The third kappa shape index (κ3) is 3.40. The first-order valence-electron chi connectivity index (χ1n) is 6.16. The van der Waals surface area contributed by atoms with Crippen molar-refractivity contribution in [3.63, 3.8) is 0 Å². The number of nitrogens with one attached hydrogen (secondary N) is 1. The lowest BCUT2D eigenvalue weighted by Gasteiger charge is -2.15. The van der Waals surface area contributed by atoms with E-state index in [4.69, 9.17) is 5.11 Å². The molecule has 0 heterocycles. The fraction of sp³-hybridized carbons (Fsp3) is 0.538. The number of phenols is 1. The lowest BCUT2D eigenvalue weighted by molar-refractivity contribution is 0.321. The van der Waals surface area contributed by atoms with Crippen LogP contribution >= 0.6 is 0 Å². The Kier molecular flexibility index (Phi) is 4.14. The number of benzene rings is 1. The van der Waals surface area contributed by atoms with Crippen LogP contribution in [0, 0.1) is 11.6 Å². The minimum atomic E-state index is -0.915. The smallest absolute Gasteiger partial charge is 0.187 e. The van der Waals surface area contributed by atoms with Crippen molar-refractivity contribution in [2.45, 2.75) is 25.4 Å². The second kappa shape index (κ2) is 5.63. The molecule has 100 valence electrons. The molecule has 3 nitrogen and oxygen atoms in total. The maximum atomic E-state index is 13.1. The van der Waals surface area contributed by atoms with Crippen LogP contribution in [0.2, 0.25) is 0 Å². The van der Waals surface area contributed by atoms with E-state index in [-0.39, 0.29) is 0 Å². The Morgan fingerprint density at radius 3 is 2.50 bits per heavy atom. The van der Waals surface area contributed by atoms with Gasteiger partial charge in [0.05, 0.1) is 0 Å².